The molecule has 6 heteroatoms. The first-order chi connectivity index (χ1) is 9.05. The van der Waals surface area contributed by atoms with Crippen LogP contribution >= 0.6 is 12.4 Å². The molecule has 0 aliphatic heterocycles. The minimum absolute atomic E-state index is 0. The highest BCUT2D eigenvalue weighted by molar-refractivity contribution is 5.92. The summed E-state index contributed by atoms with van der Waals surface area (Å²) in [5, 5.41) is 5.88. The highest BCUT2D eigenvalue weighted by atomic mass is 35.5. The summed E-state index contributed by atoms with van der Waals surface area (Å²) in [5.41, 5.74) is 4.80. The van der Waals surface area contributed by atoms with E-state index in [1.54, 1.807) is 6.92 Å². The summed E-state index contributed by atoms with van der Waals surface area (Å²) >= 11 is 0. The molecule has 20 heavy (non-hydrogen) atoms. The van der Waals surface area contributed by atoms with Crippen LogP contribution in [0.4, 0.5) is 0 Å². The maximum absolute atomic E-state index is 12.4. The van der Waals surface area contributed by atoms with Gasteiger partial charge in [0.15, 0.2) is 0 Å². The largest absolute Gasteiger partial charge is 0.354 e. The third-order valence-electron chi connectivity index (χ3n) is 3.84. The quantitative estimate of drug-likeness (QED) is 0.692. The second-order valence-electron chi connectivity index (χ2n) is 5.52. The molecule has 0 aromatic heterocycles. The van der Waals surface area contributed by atoms with Gasteiger partial charge in [-0.25, -0.2) is 0 Å². The van der Waals surface area contributed by atoms with Gasteiger partial charge in [0.2, 0.25) is 11.8 Å². The van der Waals surface area contributed by atoms with E-state index in [9.17, 15) is 9.59 Å². The van der Waals surface area contributed by atoms with Crippen LogP contribution < -0.4 is 16.4 Å². The molecular formula is C14H28ClN3O2. The van der Waals surface area contributed by atoms with Crippen LogP contribution in [0.3, 0.4) is 0 Å². The van der Waals surface area contributed by atoms with Gasteiger partial charge in [0.25, 0.3) is 0 Å². The Bertz CT molecular complexity index is 318. The first-order valence-electron chi connectivity index (χ1n) is 7.36. The Labute approximate surface area is 127 Å². The van der Waals surface area contributed by atoms with Crippen LogP contribution in [0.1, 0.15) is 52.4 Å². The van der Waals surface area contributed by atoms with Crippen molar-refractivity contribution in [2.75, 3.05) is 13.1 Å². The lowest BCUT2D eigenvalue weighted by molar-refractivity contribution is -0.136. The maximum atomic E-state index is 12.4. The Balaban J connectivity index is 0.00000361. The molecule has 0 bridgehead atoms. The van der Waals surface area contributed by atoms with Crippen LogP contribution in [-0.2, 0) is 9.59 Å². The van der Waals surface area contributed by atoms with Gasteiger partial charge >= 0.3 is 0 Å². The Hall–Kier alpha value is -0.810. The third-order valence-corrected chi connectivity index (χ3v) is 3.84. The number of carbonyl (C=O) groups is 2. The molecule has 2 amide bonds. The summed E-state index contributed by atoms with van der Waals surface area (Å²) in [6, 6.07) is 0. The van der Waals surface area contributed by atoms with E-state index < -0.39 is 5.54 Å². The fraction of sp³-hybridized carbons (Fsp3) is 0.857. The van der Waals surface area contributed by atoms with Crippen LogP contribution in [0.5, 0.6) is 0 Å². The van der Waals surface area contributed by atoms with Crippen molar-refractivity contribution in [1.82, 2.24) is 10.6 Å². The van der Waals surface area contributed by atoms with Crippen molar-refractivity contribution in [2.24, 2.45) is 11.7 Å². The Morgan fingerprint density at radius 2 is 1.85 bits per heavy atom. The molecule has 5 nitrogen and oxygen atoms in total. The molecule has 0 radical (unpaired) electrons. The molecule has 0 saturated heterocycles. The second kappa shape index (κ2) is 9.19. The Morgan fingerprint density at radius 3 is 2.35 bits per heavy atom. The zero-order valence-corrected chi connectivity index (χ0v) is 13.4. The third kappa shape index (κ3) is 4.94. The van der Waals surface area contributed by atoms with E-state index >= 15 is 0 Å². The molecule has 1 fully saturated rings. The zero-order valence-electron chi connectivity index (χ0n) is 12.5. The second-order valence-corrected chi connectivity index (χ2v) is 5.52. The molecule has 1 atom stereocenters. The van der Waals surface area contributed by atoms with Gasteiger partial charge in [0.05, 0.1) is 0 Å². The van der Waals surface area contributed by atoms with E-state index in [4.69, 9.17) is 5.73 Å². The lowest BCUT2D eigenvalue weighted by Gasteiger charge is -2.37. The molecule has 0 aromatic carbocycles. The van der Waals surface area contributed by atoms with Crippen LogP contribution in [0.15, 0.2) is 0 Å². The van der Waals surface area contributed by atoms with Gasteiger partial charge in [-0.1, -0.05) is 33.1 Å². The van der Waals surface area contributed by atoms with E-state index in [1.807, 2.05) is 6.92 Å². The van der Waals surface area contributed by atoms with E-state index in [0.717, 1.165) is 38.5 Å². The maximum Gasteiger partial charge on any atom is 0.245 e. The van der Waals surface area contributed by atoms with Crippen molar-refractivity contribution in [3.8, 4) is 0 Å². The first-order valence-corrected chi connectivity index (χ1v) is 7.36. The molecular weight excluding hydrogens is 278 g/mol. The van der Waals surface area contributed by atoms with Crippen LogP contribution in [-0.4, -0.2) is 30.4 Å². The molecule has 1 saturated carbocycles. The lowest BCUT2D eigenvalue weighted by atomic mass is 9.80. The molecule has 0 heterocycles. The summed E-state index contributed by atoms with van der Waals surface area (Å²) in [4.78, 5) is 24.4. The van der Waals surface area contributed by atoms with E-state index in [1.165, 1.54) is 0 Å². The molecule has 4 N–H and O–H groups in total. The fourth-order valence-electron chi connectivity index (χ4n) is 2.44. The summed E-state index contributed by atoms with van der Waals surface area (Å²) in [6.07, 6.45) is 5.45. The number of nitrogens with two attached hydrogens (primary N) is 1. The predicted molar refractivity (Wildman–Crippen MR) is 82.7 cm³/mol. The van der Waals surface area contributed by atoms with E-state index in [-0.39, 0.29) is 30.1 Å². The van der Waals surface area contributed by atoms with Gasteiger partial charge in [0.1, 0.15) is 5.54 Å². The number of halogens is 1. The number of hydrogen-bond donors (Lipinski definition) is 3. The molecule has 1 aliphatic rings. The van der Waals surface area contributed by atoms with Crippen LogP contribution in [0.25, 0.3) is 0 Å². The Morgan fingerprint density at radius 1 is 1.25 bits per heavy atom. The zero-order chi connectivity index (χ0) is 14.3. The first kappa shape index (κ1) is 19.2. The summed E-state index contributed by atoms with van der Waals surface area (Å²) in [7, 11) is 0. The number of amides is 2. The lowest BCUT2D eigenvalue weighted by Crippen LogP contribution is -2.61. The standard InChI is InChI=1S/C14H27N3O2.ClH/c1-3-9-16-13(19)14(7-5-4-6-8-14)17-12(18)11(2)10-15;/h11H,3-10,15H2,1-2H3,(H,16,19)(H,17,18);1H. The van der Waals surface area contributed by atoms with Crippen molar-refractivity contribution in [2.45, 2.75) is 57.9 Å². The highest BCUT2D eigenvalue weighted by Crippen LogP contribution is 2.28. The monoisotopic (exact) mass is 305 g/mol. The van der Waals surface area contributed by atoms with Gasteiger partial charge in [-0.3, -0.25) is 9.59 Å². The molecule has 118 valence electrons. The minimum Gasteiger partial charge on any atom is -0.354 e. The smallest absolute Gasteiger partial charge is 0.245 e. The van der Waals surface area contributed by atoms with Gasteiger partial charge in [0, 0.05) is 19.0 Å². The number of carbonyl (C=O) groups excluding carboxylic acids is 2. The van der Waals surface area contributed by atoms with Crippen molar-refractivity contribution in [3.63, 3.8) is 0 Å². The fourth-order valence-corrected chi connectivity index (χ4v) is 2.44. The molecule has 0 spiro atoms. The molecule has 1 rings (SSSR count). The van der Waals surface area contributed by atoms with Crippen molar-refractivity contribution in [3.05, 3.63) is 0 Å². The highest BCUT2D eigenvalue weighted by Gasteiger charge is 2.41. The van der Waals surface area contributed by atoms with Gasteiger partial charge in [-0.15, -0.1) is 12.4 Å². The average Bonchev–Trinajstić information content (AvgIpc) is 2.44. The normalized spacial score (nSPS) is 18.6. The summed E-state index contributed by atoms with van der Waals surface area (Å²) in [5.74, 6) is -0.402. The topological polar surface area (TPSA) is 84.2 Å². The molecule has 1 unspecified atom stereocenters. The Kier molecular flexibility index (Phi) is 8.81. The van der Waals surface area contributed by atoms with Crippen molar-refractivity contribution >= 4 is 24.2 Å². The van der Waals surface area contributed by atoms with E-state index in [0.29, 0.717) is 13.1 Å². The van der Waals surface area contributed by atoms with Crippen LogP contribution in [0.2, 0.25) is 0 Å². The minimum atomic E-state index is -0.714. The molecule has 1 aliphatic carbocycles. The number of nitrogens with one attached hydrogen (secondary N) is 2. The van der Waals surface area contributed by atoms with Crippen molar-refractivity contribution in [1.29, 1.82) is 0 Å². The number of rotatable bonds is 6. The summed E-state index contributed by atoms with van der Waals surface area (Å²) < 4.78 is 0. The summed E-state index contributed by atoms with van der Waals surface area (Å²) in [6.45, 7) is 4.76. The average molecular weight is 306 g/mol. The van der Waals surface area contributed by atoms with Crippen molar-refractivity contribution < 1.29 is 9.59 Å². The van der Waals surface area contributed by atoms with Gasteiger partial charge in [-0.2, -0.15) is 0 Å². The molecule has 0 aromatic rings. The van der Waals surface area contributed by atoms with Gasteiger partial charge < -0.3 is 16.4 Å². The van der Waals surface area contributed by atoms with Gasteiger partial charge in [-0.05, 0) is 19.3 Å². The predicted octanol–water partition coefficient (Wildman–Crippen LogP) is 1.35. The SMILES string of the molecule is CCCNC(=O)C1(NC(=O)C(C)CN)CCCCC1.Cl. The van der Waals surface area contributed by atoms with Crippen LogP contribution in [0, 0.1) is 5.92 Å². The van der Waals surface area contributed by atoms with E-state index in [2.05, 4.69) is 10.6 Å². The number of hydrogen-bond acceptors (Lipinski definition) is 3.